The van der Waals surface area contributed by atoms with Crippen molar-refractivity contribution in [3.05, 3.63) is 93.6 Å². The van der Waals surface area contributed by atoms with Gasteiger partial charge >= 0.3 is 11.3 Å². The van der Waals surface area contributed by atoms with Gasteiger partial charge in [-0.05, 0) is 48.5 Å². The van der Waals surface area contributed by atoms with Gasteiger partial charge in [0.25, 0.3) is 0 Å². The van der Waals surface area contributed by atoms with Crippen LogP contribution in [-0.4, -0.2) is 9.97 Å². The number of para-hydroxylation sites is 2. The Kier molecular flexibility index (Phi) is 4.52. The summed E-state index contributed by atoms with van der Waals surface area (Å²) in [4.78, 5) is 33.1. The predicted molar refractivity (Wildman–Crippen MR) is 112 cm³/mol. The fourth-order valence-corrected chi connectivity index (χ4v) is 3.04. The van der Waals surface area contributed by atoms with Gasteiger partial charge in [-0.2, -0.15) is 0 Å². The van der Waals surface area contributed by atoms with Crippen molar-refractivity contribution in [2.45, 2.75) is 7.43 Å². The largest absolute Gasteiger partial charge is 0.403 e. The Bertz CT molecular complexity index is 1340. The summed E-state index contributed by atoms with van der Waals surface area (Å²) in [6, 6.07) is 21.0. The third-order valence-corrected chi connectivity index (χ3v) is 4.45. The van der Waals surface area contributed by atoms with Crippen molar-refractivity contribution in [3.63, 3.8) is 0 Å². The summed E-state index contributed by atoms with van der Waals surface area (Å²) in [5, 5.41) is 0.870. The van der Waals surface area contributed by atoms with Gasteiger partial charge < -0.3 is 8.83 Å². The molecule has 5 aromatic rings. The van der Waals surface area contributed by atoms with Crippen LogP contribution in [0, 0.1) is 0 Å². The first-order chi connectivity index (χ1) is 13.7. The maximum atomic E-state index is 12.2. The molecule has 0 spiro atoms. The van der Waals surface area contributed by atoms with Gasteiger partial charge in [-0.3, -0.25) is 0 Å². The van der Waals surface area contributed by atoms with Crippen LogP contribution in [0.4, 0.5) is 0 Å². The summed E-state index contributed by atoms with van der Waals surface area (Å²) < 4.78 is 10.7. The highest BCUT2D eigenvalue weighted by Crippen LogP contribution is 2.23. The van der Waals surface area contributed by atoms with E-state index in [2.05, 4.69) is 9.97 Å². The Morgan fingerprint density at radius 2 is 0.931 bits per heavy atom. The summed E-state index contributed by atoms with van der Waals surface area (Å²) in [6.45, 7) is 0. The first kappa shape index (κ1) is 18.3. The van der Waals surface area contributed by atoms with Crippen molar-refractivity contribution in [2.75, 3.05) is 0 Å². The third kappa shape index (κ3) is 3.21. The number of benzene rings is 3. The summed E-state index contributed by atoms with van der Waals surface area (Å²) in [6.07, 6.45) is 0. The molecule has 2 aromatic heterocycles. The standard InChI is InChI=1S/C22H12N2O4.CH4/c25-21-15-5-1-3-7-17(15)23-19(27-21)13-9-11-14(12-10-13)20-24-18-8-4-2-6-16(18)22(26)28-20;/h1-12H;1H4. The molecule has 0 unspecified atom stereocenters. The molecule has 0 aliphatic rings. The molecule has 0 aliphatic heterocycles. The second-order valence-electron chi connectivity index (χ2n) is 6.22. The van der Waals surface area contributed by atoms with Crippen LogP contribution in [0.2, 0.25) is 0 Å². The Labute approximate surface area is 165 Å². The van der Waals surface area contributed by atoms with E-state index in [1.165, 1.54) is 0 Å². The zero-order chi connectivity index (χ0) is 19.1. The average Bonchev–Trinajstić information content (AvgIpc) is 2.74. The zero-order valence-electron chi connectivity index (χ0n) is 14.5. The quantitative estimate of drug-likeness (QED) is 0.440. The van der Waals surface area contributed by atoms with Crippen LogP contribution in [0.5, 0.6) is 0 Å². The first-order valence-electron chi connectivity index (χ1n) is 8.60. The minimum Gasteiger partial charge on any atom is -0.403 e. The van der Waals surface area contributed by atoms with E-state index in [9.17, 15) is 9.59 Å². The maximum Gasteiger partial charge on any atom is 0.347 e. The van der Waals surface area contributed by atoms with Gasteiger partial charge in [-0.15, -0.1) is 0 Å². The molecule has 142 valence electrons. The molecule has 29 heavy (non-hydrogen) atoms. The van der Waals surface area contributed by atoms with E-state index in [0.717, 1.165) is 0 Å². The van der Waals surface area contributed by atoms with Crippen molar-refractivity contribution in [2.24, 2.45) is 0 Å². The molecule has 5 rings (SSSR count). The van der Waals surface area contributed by atoms with Crippen LogP contribution >= 0.6 is 0 Å². The summed E-state index contributed by atoms with van der Waals surface area (Å²) >= 11 is 0. The molecule has 6 nitrogen and oxygen atoms in total. The number of aromatic nitrogens is 2. The predicted octanol–water partition coefficient (Wildman–Crippen LogP) is 4.66. The van der Waals surface area contributed by atoms with Crippen molar-refractivity contribution in [1.29, 1.82) is 0 Å². The summed E-state index contributed by atoms with van der Waals surface area (Å²) in [5.74, 6) is 0.450. The van der Waals surface area contributed by atoms with E-state index < -0.39 is 11.3 Å². The molecule has 0 saturated heterocycles. The number of hydrogen-bond donors (Lipinski definition) is 0. The molecule has 0 radical (unpaired) electrons. The molecule has 2 heterocycles. The second kappa shape index (κ2) is 7.16. The molecule has 0 aliphatic carbocycles. The third-order valence-electron chi connectivity index (χ3n) is 4.45. The number of hydrogen-bond acceptors (Lipinski definition) is 6. The monoisotopic (exact) mass is 384 g/mol. The fraction of sp³-hybridized carbons (Fsp3) is 0.0435. The molecule has 0 saturated carbocycles. The average molecular weight is 384 g/mol. The number of rotatable bonds is 2. The van der Waals surface area contributed by atoms with Gasteiger partial charge in [0.15, 0.2) is 0 Å². The highest BCUT2D eigenvalue weighted by Gasteiger charge is 2.11. The molecule has 0 amide bonds. The van der Waals surface area contributed by atoms with Gasteiger partial charge in [-0.1, -0.05) is 31.7 Å². The molecule has 0 bridgehead atoms. The number of nitrogens with zero attached hydrogens (tertiary/aromatic N) is 2. The Morgan fingerprint density at radius 3 is 1.34 bits per heavy atom. The van der Waals surface area contributed by atoms with E-state index in [0.29, 0.717) is 32.9 Å². The molecule has 6 heteroatoms. The Hall–Kier alpha value is -4.06. The van der Waals surface area contributed by atoms with Gasteiger partial charge in [0, 0.05) is 11.1 Å². The lowest BCUT2D eigenvalue weighted by molar-refractivity contribution is 0.516. The normalized spacial score (nSPS) is 10.8. The van der Waals surface area contributed by atoms with E-state index in [4.69, 9.17) is 8.83 Å². The number of fused-ring (bicyclic) bond motifs is 2. The van der Waals surface area contributed by atoms with E-state index in [1.54, 1.807) is 60.7 Å². The van der Waals surface area contributed by atoms with E-state index in [1.807, 2.05) is 12.1 Å². The molecular formula is C23H16N2O4. The van der Waals surface area contributed by atoms with Crippen LogP contribution < -0.4 is 11.3 Å². The lowest BCUT2D eigenvalue weighted by Crippen LogP contribution is -2.03. The maximum absolute atomic E-state index is 12.2. The molecular weight excluding hydrogens is 368 g/mol. The summed E-state index contributed by atoms with van der Waals surface area (Å²) in [7, 11) is 0. The van der Waals surface area contributed by atoms with E-state index in [-0.39, 0.29) is 19.2 Å². The Morgan fingerprint density at radius 1 is 0.552 bits per heavy atom. The fourth-order valence-electron chi connectivity index (χ4n) is 3.04. The van der Waals surface area contributed by atoms with Gasteiger partial charge in [0.05, 0.1) is 21.8 Å². The van der Waals surface area contributed by atoms with Crippen LogP contribution in [-0.2, 0) is 0 Å². The zero-order valence-corrected chi connectivity index (χ0v) is 14.5. The van der Waals surface area contributed by atoms with Gasteiger partial charge in [0.2, 0.25) is 11.8 Å². The lowest BCUT2D eigenvalue weighted by Gasteiger charge is -2.04. The second-order valence-corrected chi connectivity index (χ2v) is 6.22. The van der Waals surface area contributed by atoms with Crippen molar-refractivity contribution in [3.8, 4) is 22.9 Å². The molecule has 0 N–H and O–H groups in total. The van der Waals surface area contributed by atoms with Gasteiger partial charge in [0.1, 0.15) is 0 Å². The first-order valence-corrected chi connectivity index (χ1v) is 8.60. The SMILES string of the molecule is C.O=c1oc(-c2ccc(-c3nc4ccccc4c(=O)o3)cc2)nc2ccccc12. The topological polar surface area (TPSA) is 86.2 Å². The minimum atomic E-state index is -0.438. The van der Waals surface area contributed by atoms with Crippen LogP contribution in [0.15, 0.2) is 91.2 Å². The Balaban J connectivity index is 0.00000205. The van der Waals surface area contributed by atoms with Crippen molar-refractivity contribution < 1.29 is 8.83 Å². The van der Waals surface area contributed by atoms with Crippen LogP contribution in [0.3, 0.4) is 0 Å². The molecule has 0 atom stereocenters. The highest BCUT2D eigenvalue weighted by atomic mass is 16.4. The van der Waals surface area contributed by atoms with Crippen molar-refractivity contribution >= 4 is 21.8 Å². The van der Waals surface area contributed by atoms with Crippen LogP contribution in [0.25, 0.3) is 44.7 Å². The van der Waals surface area contributed by atoms with Gasteiger partial charge in [-0.25, -0.2) is 19.6 Å². The molecule has 3 aromatic carbocycles. The van der Waals surface area contributed by atoms with Crippen LogP contribution in [0.1, 0.15) is 7.43 Å². The molecule has 0 fully saturated rings. The minimum absolute atomic E-state index is 0. The van der Waals surface area contributed by atoms with E-state index >= 15 is 0 Å². The lowest BCUT2D eigenvalue weighted by atomic mass is 10.1. The smallest absolute Gasteiger partial charge is 0.347 e. The highest BCUT2D eigenvalue weighted by molar-refractivity contribution is 5.79. The van der Waals surface area contributed by atoms with Crippen molar-refractivity contribution in [1.82, 2.24) is 9.97 Å². The summed E-state index contributed by atoms with van der Waals surface area (Å²) in [5.41, 5.74) is 1.53.